The van der Waals surface area contributed by atoms with Crippen LogP contribution in [0.5, 0.6) is 0 Å². The molecule has 1 aromatic rings. The Balaban J connectivity index is 1.52. The maximum absolute atomic E-state index is 11.1. The van der Waals surface area contributed by atoms with Gasteiger partial charge in [0.05, 0.1) is 5.56 Å². The third-order valence-electron chi connectivity index (χ3n) is 5.58. The van der Waals surface area contributed by atoms with Crippen molar-refractivity contribution in [3.63, 3.8) is 0 Å². The van der Waals surface area contributed by atoms with Crippen molar-refractivity contribution < 1.29 is 9.90 Å². The molecule has 2 aliphatic heterocycles. The third-order valence-corrected chi connectivity index (χ3v) is 5.58. The number of nitrogens with zero attached hydrogens (tertiary/aromatic N) is 2. The van der Waals surface area contributed by atoms with Gasteiger partial charge in [0.2, 0.25) is 0 Å². The van der Waals surface area contributed by atoms with Crippen LogP contribution in [0.15, 0.2) is 24.3 Å². The van der Waals surface area contributed by atoms with Gasteiger partial charge in [-0.05, 0) is 74.8 Å². The number of hydrogen-bond acceptors (Lipinski definition) is 3. The summed E-state index contributed by atoms with van der Waals surface area (Å²) in [5, 5.41) is 9.14. The van der Waals surface area contributed by atoms with E-state index in [1.807, 2.05) is 18.2 Å². The summed E-state index contributed by atoms with van der Waals surface area (Å²) in [4.78, 5) is 16.3. The Hall–Kier alpha value is -1.39. The highest BCUT2D eigenvalue weighted by Crippen LogP contribution is 2.23. The lowest BCUT2D eigenvalue weighted by atomic mass is 9.94. The fraction of sp³-hybridized carbons (Fsp3) is 0.650. The van der Waals surface area contributed by atoms with Crippen molar-refractivity contribution in [3.8, 4) is 0 Å². The van der Waals surface area contributed by atoms with Gasteiger partial charge in [0.15, 0.2) is 0 Å². The van der Waals surface area contributed by atoms with Crippen molar-refractivity contribution in [2.75, 3.05) is 32.7 Å². The van der Waals surface area contributed by atoms with Crippen molar-refractivity contribution in [2.24, 2.45) is 11.8 Å². The van der Waals surface area contributed by atoms with Crippen molar-refractivity contribution in [2.45, 2.75) is 39.2 Å². The molecule has 0 bridgehead atoms. The quantitative estimate of drug-likeness (QED) is 0.899. The van der Waals surface area contributed by atoms with Gasteiger partial charge < -0.3 is 10.0 Å². The van der Waals surface area contributed by atoms with Crippen molar-refractivity contribution in [1.82, 2.24) is 9.80 Å². The fourth-order valence-corrected chi connectivity index (χ4v) is 4.11. The van der Waals surface area contributed by atoms with E-state index < -0.39 is 5.97 Å². The van der Waals surface area contributed by atoms with E-state index in [4.69, 9.17) is 5.11 Å². The molecule has 1 atom stereocenters. The number of likely N-dealkylation sites (tertiary alicyclic amines) is 2. The molecule has 1 N–H and O–H groups in total. The topological polar surface area (TPSA) is 43.8 Å². The van der Waals surface area contributed by atoms with Crippen LogP contribution < -0.4 is 0 Å². The summed E-state index contributed by atoms with van der Waals surface area (Å²) >= 11 is 0. The number of carboxylic acid groups (broad SMARTS) is 1. The molecule has 2 fully saturated rings. The second-order valence-corrected chi connectivity index (χ2v) is 7.73. The van der Waals surface area contributed by atoms with E-state index in [-0.39, 0.29) is 0 Å². The number of carboxylic acids is 1. The van der Waals surface area contributed by atoms with Crippen LogP contribution in [0.25, 0.3) is 0 Å². The minimum atomic E-state index is -0.840. The van der Waals surface area contributed by atoms with E-state index in [1.165, 1.54) is 45.3 Å². The minimum absolute atomic E-state index is 0.392. The normalized spacial score (nSPS) is 24.1. The molecule has 0 aromatic heterocycles. The van der Waals surface area contributed by atoms with Gasteiger partial charge in [0.1, 0.15) is 0 Å². The average molecular weight is 330 g/mol. The van der Waals surface area contributed by atoms with Crippen molar-refractivity contribution in [1.29, 1.82) is 0 Å². The number of piperidine rings is 2. The summed E-state index contributed by atoms with van der Waals surface area (Å²) in [6.07, 6.45) is 5.28. The second kappa shape index (κ2) is 8.13. The highest BCUT2D eigenvalue weighted by Gasteiger charge is 2.24. The summed E-state index contributed by atoms with van der Waals surface area (Å²) in [5.74, 6) is 0.813. The van der Waals surface area contributed by atoms with E-state index in [2.05, 4.69) is 16.7 Å². The maximum atomic E-state index is 11.1. The van der Waals surface area contributed by atoms with Gasteiger partial charge in [-0.1, -0.05) is 19.1 Å². The SMILES string of the molecule is CC1CCN(CC2CCCN(Cc3cccc(C(=O)O)c3)C2)CC1. The lowest BCUT2D eigenvalue weighted by molar-refractivity contribution is 0.0696. The van der Waals surface area contributed by atoms with Crippen LogP contribution in [0.1, 0.15) is 48.5 Å². The van der Waals surface area contributed by atoms with Crippen LogP contribution in [-0.4, -0.2) is 53.6 Å². The molecule has 0 aliphatic carbocycles. The van der Waals surface area contributed by atoms with Gasteiger partial charge in [-0.15, -0.1) is 0 Å². The Labute approximate surface area is 145 Å². The van der Waals surface area contributed by atoms with Gasteiger partial charge in [-0.3, -0.25) is 4.90 Å². The van der Waals surface area contributed by atoms with Gasteiger partial charge in [0.25, 0.3) is 0 Å². The van der Waals surface area contributed by atoms with E-state index in [1.54, 1.807) is 6.07 Å². The average Bonchev–Trinajstić information content (AvgIpc) is 2.57. The van der Waals surface area contributed by atoms with Crippen LogP contribution in [0, 0.1) is 11.8 Å². The molecule has 2 saturated heterocycles. The lowest BCUT2D eigenvalue weighted by Gasteiger charge is -2.38. The molecular formula is C20H30N2O2. The number of rotatable bonds is 5. The molecule has 2 heterocycles. The molecule has 0 spiro atoms. The summed E-state index contributed by atoms with van der Waals surface area (Å²) in [7, 11) is 0. The first-order valence-electron chi connectivity index (χ1n) is 9.37. The Morgan fingerprint density at radius 2 is 1.96 bits per heavy atom. The molecule has 0 saturated carbocycles. The number of hydrogen-bond donors (Lipinski definition) is 1. The number of aromatic carboxylic acids is 1. The van der Waals surface area contributed by atoms with Gasteiger partial charge >= 0.3 is 5.97 Å². The Morgan fingerprint density at radius 3 is 2.71 bits per heavy atom. The number of benzene rings is 1. The summed E-state index contributed by atoms with van der Waals surface area (Å²) in [6.45, 7) is 9.27. The first kappa shape index (κ1) is 17.4. The molecule has 132 valence electrons. The molecule has 1 unspecified atom stereocenters. The van der Waals surface area contributed by atoms with Crippen LogP contribution in [0.3, 0.4) is 0 Å². The summed E-state index contributed by atoms with van der Waals surface area (Å²) in [5.41, 5.74) is 1.51. The predicted molar refractivity (Wildman–Crippen MR) is 96.2 cm³/mol. The fourth-order valence-electron chi connectivity index (χ4n) is 4.11. The molecule has 2 aliphatic rings. The van der Waals surface area contributed by atoms with Crippen LogP contribution in [0.2, 0.25) is 0 Å². The highest BCUT2D eigenvalue weighted by atomic mass is 16.4. The smallest absolute Gasteiger partial charge is 0.335 e. The minimum Gasteiger partial charge on any atom is -0.478 e. The standard InChI is InChI=1S/C20H30N2O2/c1-16-7-10-21(11-8-16)14-18-5-3-9-22(15-18)13-17-4-2-6-19(12-17)20(23)24/h2,4,6,12,16,18H,3,5,7-11,13-15H2,1H3,(H,23,24). The van der Waals surface area contributed by atoms with Crippen LogP contribution in [-0.2, 0) is 6.54 Å². The first-order valence-corrected chi connectivity index (χ1v) is 9.37. The molecule has 1 aromatic carbocycles. The van der Waals surface area contributed by atoms with E-state index in [9.17, 15) is 4.79 Å². The van der Waals surface area contributed by atoms with Gasteiger partial charge in [0, 0.05) is 19.6 Å². The summed E-state index contributed by atoms with van der Waals surface area (Å²) in [6, 6.07) is 7.39. The monoisotopic (exact) mass is 330 g/mol. The zero-order chi connectivity index (χ0) is 16.9. The van der Waals surface area contributed by atoms with E-state index in [0.29, 0.717) is 5.56 Å². The summed E-state index contributed by atoms with van der Waals surface area (Å²) < 4.78 is 0. The maximum Gasteiger partial charge on any atom is 0.335 e. The van der Waals surface area contributed by atoms with E-state index in [0.717, 1.165) is 37.0 Å². The lowest BCUT2D eigenvalue weighted by Crippen LogP contribution is -2.43. The van der Waals surface area contributed by atoms with E-state index >= 15 is 0 Å². The molecule has 0 radical (unpaired) electrons. The Bertz CT molecular complexity index is 552. The largest absolute Gasteiger partial charge is 0.478 e. The zero-order valence-electron chi connectivity index (χ0n) is 14.8. The Kier molecular flexibility index (Phi) is 5.90. The molecule has 4 heteroatoms. The van der Waals surface area contributed by atoms with Gasteiger partial charge in [-0.25, -0.2) is 4.79 Å². The molecule has 0 amide bonds. The van der Waals surface area contributed by atoms with Crippen LogP contribution >= 0.6 is 0 Å². The second-order valence-electron chi connectivity index (χ2n) is 7.73. The van der Waals surface area contributed by atoms with Gasteiger partial charge in [-0.2, -0.15) is 0 Å². The predicted octanol–water partition coefficient (Wildman–Crippen LogP) is 3.33. The van der Waals surface area contributed by atoms with Crippen molar-refractivity contribution >= 4 is 5.97 Å². The third kappa shape index (κ3) is 4.81. The molecule has 24 heavy (non-hydrogen) atoms. The Morgan fingerprint density at radius 1 is 1.17 bits per heavy atom. The van der Waals surface area contributed by atoms with Crippen LogP contribution in [0.4, 0.5) is 0 Å². The molecular weight excluding hydrogens is 300 g/mol. The first-order chi connectivity index (χ1) is 11.6. The van der Waals surface area contributed by atoms with Crippen molar-refractivity contribution in [3.05, 3.63) is 35.4 Å². The highest BCUT2D eigenvalue weighted by molar-refractivity contribution is 5.87. The number of carbonyl (C=O) groups is 1. The zero-order valence-corrected chi connectivity index (χ0v) is 14.8. The molecule has 3 rings (SSSR count). The molecule has 4 nitrogen and oxygen atoms in total.